The molecule has 0 fully saturated rings. The van der Waals surface area contributed by atoms with E-state index in [0.717, 1.165) is 6.07 Å². The van der Waals surface area contributed by atoms with Crippen LogP contribution in [-0.4, -0.2) is 5.91 Å². The van der Waals surface area contributed by atoms with Gasteiger partial charge in [0.1, 0.15) is 5.82 Å². The van der Waals surface area contributed by atoms with Gasteiger partial charge in [0.15, 0.2) is 0 Å². The Morgan fingerprint density at radius 2 is 1.95 bits per heavy atom. The van der Waals surface area contributed by atoms with Crippen molar-refractivity contribution >= 4 is 28.9 Å². The first-order valence-electron chi connectivity index (χ1n) is 5.43. The van der Waals surface area contributed by atoms with Gasteiger partial charge in [0.25, 0.3) is 5.91 Å². The predicted molar refractivity (Wildman–Crippen MR) is 73.6 cm³/mol. The van der Waals surface area contributed by atoms with Gasteiger partial charge in [0.05, 0.1) is 11.3 Å². The predicted octanol–water partition coefficient (Wildman–Crippen LogP) is 3.02. The Morgan fingerprint density at radius 1 is 1.21 bits per heavy atom. The molecule has 4 N–H and O–H groups in total. The quantitative estimate of drug-likeness (QED) is 0.598. The Kier molecular flexibility index (Phi) is 3.99. The molecule has 0 atom stereocenters. The van der Waals surface area contributed by atoms with Crippen LogP contribution in [0, 0.1) is 5.82 Å². The van der Waals surface area contributed by atoms with Crippen LogP contribution < -0.4 is 16.6 Å². The molecule has 0 unspecified atom stereocenters. The summed E-state index contributed by atoms with van der Waals surface area (Å²) in [5.41, 5.74) is 3.53. The van der Waals surface area contributed by atoms with Crippen LogP contribution in [0.1, 0.15) is 10.4 Å². The number of anilines is 2. The van der Waals surface area contributed by atoms with E-state index in [1.807, 2.05) is 0 Å². The minimum absolute atomic E-state index is 0.209. The molecule has 2 rings (SSSR count). The highest BCUT2D eigenvalue weighted by atomic mass is 35.5. The molecule has 19 heavy (non-hydrogen) atoms. The molecule has 0 aliphatic carbocycles. The summed E-state index contributed by atoms with van der Waals surface area (Å²) >= 11 is 5.71. The molecule has 0 aromatic heterocycles. The van der Waals surface area contributed by atoms with E-state index in [-0.39, 0.29) is 10.7 Å². The lowest BCUT2D eigenvalue weighted by atomic mass is 10.1. The molecular weight excluding hydrogens is 269 g/mol. The second-order valence-corrected chi connectivity index (χ2v) is 4.24. The number of nitrogens with two attached hydrogens (primary N) is 1. The average molecular weight is 280 g/mol. The Morgan fingerprint density at radius 3 is 2.63 bits per heavy atom. The van der Waals surface area contributed by atoms with Gasteiger partial charge in [-0.3, -0.25) is 10.6 Å². The van der Waals surface area contributed by atoms with Gasteiger partial charge in [-0.2, -0.15) is 0 Å². The van der Waals surface area contributed by atoms with Crippen molar-refractivity contribution in [2.45, 2.75) is 0 Å². The smallest absolute Gasteiger partial charge is 0.257 e. The third-order valence-corrected chi connectivity index (χ3v) is 2.67. The topological polar surface area (TPSA) is 67.1 Å². The van der Waals surface area contributed by atoms with Crippen LogP contribution in [-0.2, 0) is 0 Å². The van der Waals surface area contributed by atoms with Gasteiger partial charge in [-0.1, -0.05) is 23.7 Å². The highest BCUT2D eigenvalue weighted by Crippen LogP contribution is 2.20. The number of halogens is 2. The van der Waals surface area contributed by atoms with Gasteiger partial charge in [-0.05, 0) is 30.3 Å². The van der Waals surface area contributed by atoms with Gasteiger partial charge < -0.3 is 10.7 Å². The fourth-order valence-corrected chi connectivity index (χ4v) is 1.85. The van der Waals surface area contributed by atoms with Crippen molar-refractivity contribution in [3.63, 3.8) is 0 Å². The third kappa shape index (κ3) is 3.21. The van der Waals surface area contributed by atoms with Crippen molar-refractivity contribution < 1.29 is 9.18 Å². The summed E-state index contributed by atoms with van der Waals surface area (Å²) in [4.78, 5) is 12.0. The van der Waals surface area contributed by atoms with Crippen LogP contribution in [0.2, 0.25) is 5.02 Å². The largest absolute Gasteiger partial charge is 0.323 e. The zero-order chi connectivity index (χ0) is 13.8. The number of nitrogens with one attached hydrogen (secondary N) is 2. The van der Waals surface area contributed by atoms with Gasteiger partial charge >= 0.3 is 0 Å². The highest BCUT2D eigenvalue weighted by Gasteiger charge is 2.11. The monoisotopic (exact) mass is 279 g/mol. The zero-order valence-electron chi connectivity index (χ0n) is 9.78. The summed E-state index contributed by atoms with van der Waals surface area (Å²) < 4.78 is 13.2. The molecular formula is C13H11ClFN3O. The number of carbonyl (C=O) groups is 1. The number of hydrogen-bond acceptors (Lipinski definition) is 3. The van der Waals surface area contributed by atoms with Crippen molar-refractivity contribution in [2.24, 2.45) is 5.84 Å². The van der Waals surface area contributed by atoms with E-state index in [2.05, 4.69) is 10.7 Å². The molecule has 0 aliphatic heterocycles. The second kappa shape index (κ2) is 5.69. The van der Waals surface area contributed by atoms with E-state index in [9.17, 15) is 9.18 Å². The summed E-state index contributed by atoms with van der Waals surface area (Å²) in [5, 5.41) is 2.76. The van der Waals surface area contributed by atoms with Crippen LogP contribution in [0.5, 0.6) is 0 Å². The number of hydrogen-bond donors (Lipinski definition) is 3. The van der Waals surface area contributed by atoms with E-state index in [0.29, 0.717) is 11.3 Å². The molecule has 98 valence electrons. The number of hydrazine groups is 1. The number of para-hydroxylation sites is 1. The van der Waals surface area contributed by atoms with Crippen LogP contribution >= 0.6 is 11.6 Å². The summed E-state index contributed by atoms with van der Waals surface area (Å²) in [6.07, 6.45) is 0. The molecule has 0 saturated carbocycles. The first kappa shape index (κ1) is 13.3. The summed E-state index contributed by atoms with van der Waals surface area (Å²) in [5.74, 6) is 4.39. The minimum atomic E-state index is -0.520. The lowest BCUT2D eigenvalue weighted by molar-refractivity contribution is 0.102. The first-order valence-corrected chi connectivity index (χ1v) is 5.81. The van der Waals surface area contributed by atoms with Crippen molar-refractivity contribution in [3.8, 4) is 0 Å². The van der Waals surface area contributed by atoms with Crippen LogP contribution in [0.15, 0.2) is 42.5 Å². The maximum absolute atomic E-state index is 13.2. The van der Waals surface area contributed by atoms with Crippen LogP contribution in [0.25, 0.3) is 0 Å². The Labute approximate surface area is 114 Å². The molecule has 0 bridgehead atoms. The summed E-state index contributed by atoms with van der Waals surface area (Å²) in [6.45, 7) is 0. The van der Waals surface area contributed by atoms with Gasteiger partial charge in [0, 0.05) is 10.7 Å². The second-order valence-electron chi connectivity index (χ2n) is 3.80. The number of carbonyl (C=O) groups excluding carboxylic acids is 1. The fraction of sp³-hybridized carbons (Fsp3) is 0. The summed E-state index contributed by atoms with van der Waals surface area (Å²) in [7, 11) is 0. The molecule has 0 radical (unpaired) electrons. The molecule has 0 spiro atoms. The molecule has 4 nitrogen and oxygen atoms in total. The minimum Gasteiger partial charge on any atom is -0.323 e. The van der Waals surface area contributed by atoms with Gasteiger partial charge in [-0.25, -0.2) is 4.39 Å². The fourth-order valence-electron chi connectivity index (χ4n) is 1.63. The molecule has 1 amide bonds. The van der Waals surface area contributed by atoms with E-state index in [4.69, 9.17) is 17.4 Å². The van der Waals surface area contributed by atoms with E-state index in [1.165, 1.54) is 12.1 Å². The number of amides is 1. The van der Waals surface area contributed by atoms with Crippen LogP contribution in [0.4, 0.5) is 15.8 Å². The van der Waals surface area contributed by atoms with Crippen molar-refractivity contribution in [2.75, 3.05) is 10.7 Å². The number of rotatable bonds is 3. The van der Waals surface area contributed by atoms with Gasteiger partial charge in [0.2, 0.25) is 0 Å². The first-order chi connectivity index (χ1) is 9.10. The lowest BCUT2D eigenvalue weighted by Gasteiger charge is -2.09. The van der Waals surface area contributed by atoms with Gasteiger partial charge in [-0.15, -0.1) is 0 Å². The highest BCUT2D eigenvalue weighted by molar-refractivity contribution is 6.31. The molecule has 2 aromatic carbocycles. The summed E-state index contributed by atoms with van der Waals surface area (Å²) in [6, 6.07) is 10.5. The number of benzene rings is 2. The maximum atomic E-state index is 13.2. The van der Waals surface area contributed by atoms with E-state index < -0.39 is 11.7 Å². The Hall–Kier alpha value is -2.11. The SMILES string of the molecule is NNc1ccccc1C(=O)Nc1cc(F)cc(Cl)c1. The molecule has 0 aliphatic rings. The van der Waals surface area contributed by atoms with E-state index >= 15 is 0 Å². The Bertz CT molecular complexity index is 598. The standard InChI is InChI=1S/C13H11ClFN3O/c14-8-5-9(15)7-10(6-8)17-13(19)11-3-1-2-4-12(11)18-16/h1-7,18H,16H2,(H,17,19). The normalized spacial score (nSPS) is 10.1. The molecule has 2 aromatic rings. The van der Waals surface area contributed by atoms with Crippen molar-refractivity contribution in [3.05, 3.63) is 58.9 Å². The van der Waals surface area contributed by atoms with Crippen molar-refractivity contribution in [1.29, 1.82) is 0 Å². The van der Waals surface area contributed by atoms with Crippen LogP contribution in [0.3, 0.4) is 0 Å². The molecule has 6 heteroatoms. The zero-order valence-corrected chi connectivity index (χ0v) is 10.5. The molecule has 0 saturated heterocycles. The molecule has 0 heterocycles. The lowest BCUT2D eigenvalue weighted by Crippen LogP contribution is -2.17. The maximum Gasteiger partial charge on any atom is 0.257 e. The third-order valence-electron chi connectivity index (χ3n) is 2.45. The number of nitrogen functional groups attached to an aromatic ring is 1. The van der Waals surface area contributed by atoms with E-state index in [1.54, 1.807) is 24.3 Å². The average Bonchev–Trinajstić information content (AvgIpc) is 2.37. The van der Waals surface area contributed by atoms with Crippen molar-refractivity contribution in [1.82, 2.24) is 0 Å². The Balaban J connectivity index is 2.25.